The Balaban J connectivity index is 1.23. The van der Waals surface area contributed by atoms with Crippen molar-refractivity contribution in [2.75, 3.05) is 6.54 Å². The van der Waals surface area contributed by atoms with Gasteiger partial charge < -0.3 is 20.9 Å². The minimum absolute atomic E-state index is 0.145. The van der Waals surface area contributed by atoms with Crippen molar-refractivity contribution >= 4 is 34.3 Å². The molecular weight excluding hydrogens is 414 g/mol. The molecule has 3 atom stereocenters. The minimum Gasteiger partial charge on any atom is -0.357 e. The number of pyridine rings is 1. The summed E-state index contributed by atoms with van der Waals surface area (Å²) in [6, 6.07) is 10.7. The zero-order valence-electron chi connectivity index (χ0n) is 17.3. The molecule has 0 unspecified atom stereocenters. The summed E-state index contributed by atoms with van der Waals surface area (Å²) >= 11 is 6.06. The van der Waals surface area contributed by atoms with Crippen LogP contribution in [0.5, 0.6) is 0 Å². The molecule has 4 N–H and O–H groups in total. The Morgan fingerprint density at radius 3 is 2.97 bits per heavy atom. The van der Waals surface area contributed by atoms with Gasteiger partial charge in [-0.3, -0.25) is 14.6 Å². The lowest BCUT2D eigenvalue weighted by atomic mass is 9.96. The molecule has 2 aromatic heterocycles. The van der Waals surface area contributed by atoms with Crippen LogP contribution in [-0.2, 0) is 22.6 Å². The SMILES string of the molecule is C[C@H](NC(=O)[C@H]1C[C@H](Cc2cccc(Cl)c2)CN1)C(=O)NCc1cc2cnccc2[nH]1. The molecule has 0 saturated carbocycles. The number of aromatic nitrogens is 2. The van der Waals surface area contributed by atoms with Crippen LogP contribution in [0.25, 0.3) is 10.9 Å². The van der Waals surface area contributed by atoms with Crippen LogP contribution in [0.4, 0.5) is 0 Å². The predicted octanol–water partition coefficient (Wildman–Crippen LogP) is 2.56. The number of nitrogens with zero attached hydrogens (tertiary/aromatic N) is 1. The number of halogens is 1. The molecule has 1 aliphatic heterocycles. The molecule has 1 fully saturated rings. The number of fused-ring (bicyclic) bond motifs is 1. The smallest absolute Gasteiger partial charge is 0.242 e. The molecule has 0 radical (unpaired) electrons. The number of nitrogens with one attached hydrogen (secondary N) is 4. The third kappa shape index (κ3) is 5.42. The zero-order valence-corrected chi connectivity index (χ0v) is 18.1. The van der Waals surface area contributed by atoms with Gasteiger partial charge in [-0.15, -0.1) is 0 Å². The molecule has 0 aliphatic carbocycles. The Kier molecular flexibility index (Phi) is 6.53. The van der Waals surface area contributed by atoms with E-state index in [2.05, 4.69) is 32.0 Å². The van der Waals surface area contributed by atoms with Gasteiger partial charge in [-0.2, -0.15) is 0 Å². The van der Waals surface area contributed by atoms with Crippen molar-refractivity contribution in [2.45, 2.75) is 38.4 Å². The average Bonchev–Trinajstić information content (AvgIpc) is 3.38. The summed E-state index contributed by atoms with van der Waals surface area (Å²) in [7, 11) is 0. The molecule has 3 aromatic rings. The number of hydrogen-bond acceptors (Lipinski definition) is 4. The van der Waals surface area contributed by atoms with Crippen molar-refractivity contribution in [1.82, 2.24) is 25.9 Å². The molecule has 1 saturated heterocycles. The molecule has 2 amide bonds. The van der Waals surface area contributed by atoms with Crippen molar-refractivity contribution < 1.29 is 9.59 Å². The molecule has 0 spiro atoms. The van der Waals surface area contributed by atoms with Gasteiger partial charge in [-0.1, -0.05) is 23.7 Å². The number of rotatable bonds is 7. The van der Waals surface area contributed by atoms with E-state index in [1.54, 1.807) is 19.3 Å². The summed E-state index contributed by atoms with van der Waals surface area (Å²) in [5.74, 6) is -0.0126. The van der Waals surface area contributed by atoms with E-state index >= 15 is 0 Å². The summed E-state index contributed by atoms with van der Waals surface area (Å²) in [5, 5.41) is 10.7. The second kappa shape index (κ2) is 9.49. The van der Waals surface area contributed by atoms with Crippen molar-refractivity contribution in [1.29, 1.82) is 0 Å². The first kappa shape index (κ1) is 21.3. The Labute approximate surface area is 186 Å². The van der Waals surface area contributed by atoms with Gasteiger partial charge in [-0.05, 0) is 62.1 Å². The molecule has 162 valence electrons. The molecular formula is C23H26ClN5O2. The van der Waals surface area contributed by atoms with Crippen LogP contribution in [0.3, 0.4) is 0 Å². The Morgan fingerprint density at radius 2 is 2.16 bits per heavy atom. The maximum absolute atomic E-state index is 12.6. The fraction of sp³-hybridized carbons (Fsp3) is 0.348. The zero-order chi connectivity index (χ0) is 21.8. The fourth-order valence-electron chi connectivity index (χ4n) is 4.00. The van der Waals surface area contributed by atoms with Crippen LogP contribution in [0.1, 0.15) is 24.6 Å². The van der Waals surface area contributed by atoms with Crippen molar-refractivity contribution in [2.24, 2.45) is 5.92 Å². The van der Waals surface area contributed by atoms with Gasteiger partial charge in [0.25, 0.3) is 0 Å². The van der Waals surface area contributed by atoms with Crippen LogP contribution in [0, 0.1) is 5.92 Å². The van der Waals surface area contributed by atoms with E-state index in [1.165, 1.54) is 5.56 Å². The monoisotopic (exact) mass is 439 g/mol. The lowest BCUT2D eigenvalue weighted by Crippen LogP contribution is -2.49. The summed E-state index contributed by atoms with van der Waals surface area (Å²) in [6.07, 6.45) is 5.09. The third-order valence-corrected chi connectivity index (χ3v) is 5.87. The Bertz CT molecular complexity index is 1050. The van der Waals surface area contributed by atoms with Crippen LogP contribution in [0.2, 0.25) is 5.02 Å². The van der Waals surface area contributed by atoms with Gasteiger partial charge in [0.05, 0.1) is 12.6 Å². The van der Waals surface area contributed by atoms with Gasteiger partial charge in [-0.25, -0.2) is 0 Å². The summed E-state index contributed by atoms with van der Waals surface area (Å²) < 4.78 is 0. The predicted molar refractivity (Wildman–Crippen MR) is 121 cm³/mol. The highest BCUT2D eigenvalue weighted by Crippen LogP contribution is 2.21. The number of amides is 2. The molecule has 0 bridgehead atoms. The fourth-order valence-corrected chi connectivity index (χ4v) is 4.22. The highest BCUT2D eigenvalue weighted by atomic mass is 35.5. The van der Waals surface area contributed by atoms with E-state index in [-0.39, 0.29) is 17.9 Å². The lowest BCUT2D eigenvalue weighted by molar-refractivity contribution is -0.129. The largest absolute Gasteiger partial charge is 0.357 e. The number of carbonyl (C=O) groups excluding carboxylic acids is 2. The molecule has 1 aromatic carbocycles. The maximum atomic E-state index is 12.6. The quantitative estimate of drug-likeness (QED) is 0.454. The summed E-state index contributed by atoms with van der Waals surface area (Å²) in [6.45, 7) is 2.82. The van der Waals surface area contributed by atoms with Gasteiger partial charge in [0.1, 0.15) is 6.04 Å². The first-order chi connectivity index (χ1) is 15.0. The van der Waals surface area contributed by atoms with E-state index in [4.69, 9.17) is 11.6 Å². The van der Waals surface area contributed by atoms with E-state index in [1.807, 2.05) is 30.3 Å². The van der Waals surface area contributed by atoms with E-state index in [0.29, 0.717) is 12.5 Å². The number of hydrogen-bond donors (Lipinski definition) is 4. The third-order valence-electron chi connectivity index (χ3n) is 5.63. The highest BCUT2D eigenvalue weighted by molar-refractivity contribution is 6.30. The van der Waals surface area contributed by atoms with Crippen molar-refractivity contribution in [3.8, 4) is 0 Å². The van der Waals surface area contributed by atoms with Crippen LogP contribution in [-0.4, -0.2) is 40.4 Å². The topological polar surface area (TPSA) is 98.9 Å². The van der Waals surface area contributed by atoms with E-state index in [0.717, 1.165) is 41.0 Å². The van der Waals surface area contributed by atoms with Crippen LogP contribution >= 0.6 is 11.6 Å². The average molecular weight is 440 g/mol. The molecule has 31 heavy (non-hydrogen) atoms. The van der Waals surface area contributed by atoms with Gasteiger partial charge >= 0.3 is 0 Å². The minimum atomic E-state index is -0.618. The molecule has 8 heteroatoms. The summed E-state index contributed by atoms with van der Waals surface area (Å²) in [5.41, 5.74) is 3.03. The molecule has 7 nitrogen and oxygen atoms in total. The Morgan fingerprint density at radius 1 is 1.29 bits per heavy atom. The Hall–Kier alpha value is -2.90. The number of aromatic amines is 1. The first-order valence-corrected chi connectivity index (χ1v) is 10.8. The molecule has 1 aliphatic rings. The normalized spacial score (nSPS) is 19.3. The number of carbonyl (C=O) groups is 2. The standard InChI is InChI=1S/C23H26ClN5O2/c1-14(22(30)27-13-19-10-17-12-25-6-5-20(17)29-19)28-23(31)21-9-16(11-26-21)7-15-3-2-4-18(24)8-15/h2-6,8,10,12,14,16,21,26,29H,7,9,11,13H2,1H3,(H,27,30)(H,28,31)/t14-,16-,21+/m0/s1. The van der Waals surface area contributed by atoms with Gasteiger partial charge in [0.15, 0.2) is 0 Å². The highest BCUT2D eigenvalue weighted by Gasteiger charge is 2.30. The van der Waals surface area contributed by atoms with Gasteiger partial charge in [0.2, 0.25) is 11.8 Å². The summed E-state index contributed by atoms with van der Waals surface area (Å²) in [4.78, 5) is 32.4. The second-order valence-electron chi connectivity index (χ2n) is 8.10. The van der Waals surface area contributed by atoms with Crippen molar-refractivity contribution in [3.63, 3.8) is 0 Å². The molecule has 4 rings (SSSR count). The number of benzene rings is 1. The molecule has 3 heterocycles. The van der Waals surface area contributed by atoms with E-state index < -0.39 is 6.04 Å². The van der Waals surface area contributed by atoms with Gasteiger partial charge in [0, 0.05) is 34.0 Å². The van der Waals surface area contributed by atoms with Crippen LogP contribution < -0.4 is 16.0 Å². The van der Waals surface area contributed by atoms with Crippen LogP contribution in [0.15, 0.2) is 48.8 Å². The lowest BCUT2D eigenvalue weighted by Gasteiger charge is -2.17. The first-order valence-electron chi connectivity index (χ1n) is 10.5. The van der Waals surface area contributed by atoms with E-state index in [9.17, 15) is 9.59 Å². The number of H-pyrrole nitrogens is 1. The maximum Gasteiger partial charge on any atom is 0.242 e. The second-order valence-corrected chi connectivity index (χ2v) is 8.54. The van der Waals surface area contributed by atoms with Crippen molar-refractivity contribution in [3.05, 3.63) is 65.1 Å².